The molecule has 1 heterocycles. The summed E-state index contributed by atoms with van der Waals surface area (Å²) in [5.41, 5.74) is 1.22. The third-order valence-electron chi connectivity index (χ3n) is 5.74. The first-order chi connectivity index (χ1) is 15.3. The van der Waals surface area contributed by atoms with E-state index in [4.69, 9.17) is 11.6 Å². The second kappa shape index (κ2) is 9.60. The van der Waals surface area contributed by atoms with Crippen LogP contribution < -0.4 is 10.6 Å². The van der Waals surface area contributed by atoms with Crippen LogP contribution in [0.2, 0.25) is 5.02 Å². The van der Waals surface area contributed by atoms with Crippen LogP contribution in [-0.4, -0.2) is 43.2 Å². The first kappa shape index (κ1) is 22.8. The number of rotatable bonds is 7. The van der Waals surface area contributed by atoms with Crippen molar-refractivity contribution in [1.82, 2.24) is 14.9 Å². The minimum Gasteiger partial charge on any atom is -0.355 e. The van der Waals surface area contributed by atoms with Crippen LogP contribution in [0.15, 0.2) is 53.4 Å². The summed E-state index contributed by atoms with van der Waals surface area (Å²) in [7, 11) is -3.96. The molecule has 2 amide bonds. The highest BCUT2D eigenvalue weighted by Gasteiger charge is 2.36. The van der Waals surface area contributed by atoms with E-state index in [1.165, 1.54) is 28.6 Å². The molecule has 1 saturated carbocycles. The number of halogens is 1. The maximum absolute atomic E-state index is 13.5. The zero-order chi connectivity index (χ0) is 22.7. The molecule has 0 radical (unpaired) electrons. The summed E-state index contributed by atoms with van der Waals surface area (Å²) in [5, 5.41) is 6.19. The molecule has 2 aromatic rings. The Morgan fingerprint density at radius 2 is 1.72 bits per heavy atom. The summed E-state index contributed by atoms with van der Waals surface area (Å²) >= 11 is 5.93. The monoisotopic (exact) mass is 475 g/mol. The Hall–Kier alpha value is -2.42. The molecular weight excluding hydrogens is 450 g/mol. The normalized spacial score (nSPS) is 19.3. The number of sulfonamides is 1. The lowest BCUT2D eigenvalue weighted by Crippen LogP contribution is -2.48. The summed E-state index contributed by atoms with van der Waals surface area (Å²) in [6.07, 6.45) is 4.01. The van der Waals surface area contributed by atoms with Crippen LogP contribution in [0, 0.1) is 0 Å². The highest BCUT2D eigenvalue weighted by Crippen LogP contribution is 2.26. The Balaban J connectivity index is 1.62. The standard InChI is InChI=1S/C23H26ClN3O4S/c24-18-8-12-20(13-9-18)32(30,31)27(21-3-1-2-14-25-23(21)29)15-16-4-6-17(7-5-16)22(28)26-19-10-11-19/h4-9,12-13,19,21H,1-3,10-11,14-15H2,(H,25,29)(H,26,28)/t21-/m1/s1. The average Bonchev–Trinajstić information content (AvgIpc) is 3.61. The molecule has 170 valence electrons. The van der Waals surface area contributed by atoms with E-state index in [1.807, 2.05) is 0 Å². The minimum absolute atomic E-state index is 0.0214. The van der Waals surface area contributed by atoms with Gasteiger partial charge >= 0.3 is 0 Å². The van der Waals surface area contributed by atoms with Crippen LogP contribution in [0.4, 0.5) is 0 Å². The van der Waals surface area contributed by atoms with Crippen molar-refractivity contribution in [1.29, 1.82) is 0 Å². The van der Waals surface area contributed by atoms with Crippen molar-refractivity contribution < 1.29 is 18.0 Å². The van der Waals surface area contributed by atoms with Gasteiger partial charge in [0.25, 0.3) is 5.91 Å². The van der Waals surface area contributed by atoms with Gasteiger partial charge in [0.2, 0.25) is 15.9 Å². The third-order valence-corrected chi connectivity index (χ3v) is 7.86. The second-order valence-electron chi connectivity index (χ2n) is 8.25. The number of carbonyl (C=O) groups is 2. The summed E-state index contributed by atoms with van der Waals surface area (Å²) < 4.78 is 28.4. The number of benzene rings is 2. The van der Waals surface area contributed by atoms with E-state index in [0.717, 1.165) is 25.7 Å². The molecule has 1 aliphatic carbocycles. The average molecular weight is 476 g/mol. The van der Waals surface area contributed by atoms with E-state index < -0.39 is 16.1 Å². The maximum Gasteiger partial charge on any atom is 0.251 e. The van der Waals surface area contributed by atoms with Crippen molar-refractivity contribution in [2.75, 3.05) is 6.54 Å². The number of hydrogen-bond donors (Lipinski definition) is 2. The van der Waals surface area contributed by atoms with Gasteiger partial charge in [-0.05, 0) is 74.1 Å². The first-order valence-electron chi connectivity index (χ1n) is 10.8. The van der Waals surface area contributed by atoms with E-state index in [0.29, 0.717) is 29.1 Å². The minimum atomic E-state index is -3.96. The fourth-order valence-electron chi connectivity index (χ4n) is 3.74. The molecule has 2 aromatic carbocycles. The SMILES string of the molecule is O=C(NC1CC1)c1ccc(CN([C@@H]2CCCCNC2=O)S(=O)(=O)c2ccc(Cl)cc2)cc1. The lowest BCUT2D eigenvalue weighted by Gasteiger charge is -2.29. The van der Waals surface area contributed by atoms with Gasteiger partial charge in [0.05, 0.1) is 4.90 Å². The Kier molecular flexibility index (Phi) is 6.83. The molecule has 0 unspecified atom stereocenters. The summed E-state index contributed by atoms with van der Waals surface area (Å²) in [5.74, 6) is -0.423. The van der Waals surface area contributed by atoms with Gasteiger partial charge < -0.3 is 10.6 Å². The van der Waals surface area contributed by atoms with Gasteiger partial charge in [-0.3, -0.25) is 9.59 Å². The Bertz CT molecular complexity index is 1080. The molecule has 0 spiro atoms. The first-order valence-corrected chi connectivity index (χ1v) is 12.6. The van der Waals surface area contributed by atoms with Crippen molar-refractivity contribution in [2.45, 2.75) is 55.6 Å². The van der Waals surface area contributed by atoms with Gasteiger partial charge in [-0.15, -0.1) is 0 Å². The van der Waals surface area contributed by atoms with E-state index in [-0.39, 0.29) is 29.3 Å². The van der Waals surface area contributed by atoms with Crippen molar-refractivity contribution in [3.8, 4) is 0 Å². The molecule has 9 heteroatoms. The van der Waals surface area contributed by atoms with Crippen LogP contribution in [0.3, 0.4) is 0 Å². The molecular formula is C23H26ClN3O4S. The van der Waals surface area contributed by atoms with Crippen LogP contribution in [0.1, 0.15) is 48.0 Å². The van der Waals surface area contributed by atoms with Gasteiger partial charge in [0.15, 0.2) is 0 Å². The molecule has 1 atom stereocenters. The number of hydrogen-bond acceptors (Lipinski definition) is 4. The van der Waals surface area contributed by atoms with E-state index in [2.05, 4.69) is 10.6 Å². The number of amides is 2. The van der Waals surface area contributed by atoms with Crippen molar-refractivity contribution in [3.63, 3.8) is 0 Å². The van der Waals surface area contributed by atoms with E-state index in [9.17, 15) is 18.0 Å². The predicted octanol–water partition coefficient (Wildman–Crippen LogP) is 3.09. The van der Waals surface area contributed by atoms with Crippen LogP contribution in [-0.2, 0) is 21.4 Å². The molecule has 0 bridgehead atoms. The zero-order valence-electron chi connectivity index (χ0n) is 17.6. The topological polar surface area (TPSA) is 95.6 Å². The molecule has 1 saturated heterocycles. The zero-order valence-corrected chi connectivity index (χ0v) is 19.2. The Morgan fingerprint density at radius 1 is 1.03 bits per heavy atom. The van der Waals surface area contributed by atoms with Gasteiger partial charge in [-0.1, -0.05) is 23.7 Å². The molecule has 4 rings (SSSR count). The third kappa shape index (κ3) is 5.31. The largest absolute Gasteiger partial charge is 0.355 e. The number of carbonyl (C=O) groups excluding carboxylic acids is 2. The summed E-state index contributed by atoms with van der Waals surface area (Å²) in [6.45, 7) is 0.558. The summed E-state index contributed by atoms with van der Waals surface area (Å²) in [4.78, 5) is 25.1. The lowest BCUT2D eigenvalue weighted by molar-refractivity contribution is -0.124. The number of nitrogens with one attached hydrogen (secondary N) is 2. The summed E-state index contributed by atoms with van der Waals surface area (Å²) in [6, 6.07) is 12.2. The van der Waals surface area contributed by atoms with Gasteiger partial charge in [0.1, 0.15) is 6.04 Å². The molecule has 7 nitrogen and oxygen atoms in total. The molecule has 0 aromatic heterocycles. The highest BCUT2D eigenvalue weighted by atomic mass is 35.5. The van der Waals surface area contributed by atoms with Crippen LogP contribution in [0.5, 0.6) is 0 Å². The van der Waals surface area contributed by atoms with Crippen molar-refractivity contribution >= 4 is 33.4 Å². The maximum atomic E-state index is 13.5. The van der Waals surface area contributed by atoms with Gasteiger partial charge in [-0.2, -0.15) is 4.31 Å². The van der Waals surface area contributed by atoms with Crippen molar-refractivity contribution in [2.24, 2.45) is 0 Å². The van der Waals surface area contributed by atoms with E-state index in [1.54, 1.807) is 24.3 Å². The fraction of sp³-hybridized carbons (Fsp3) is 0.391. The Labute approximate surface area is 193 Å². The number of nitrogens with zero attached hydrogens (tertiary/aromatic N) is 1. The highest BCUT2D eigenvalue weighted by molar-refractivity contribution is 7.89. The fourth-order valence-corrected chi connectivity index (χ4v) is 5.47. The second-order valence-corrected chi connectivity index (χ2v) is 10.6. The molecule has 2 N–H and O–H groups in total. The van der Waals surface area contributed by atoms with Gasteiger partial charge in [-0.25, -0.2) is 8.42 Å². The van der Waals surface area contributed by atoms with Gasteiger partial charge in [0, 0.05) is 29.7 Å². The predicted molar refractivity (Wildman–Crippen MR) is 122 cm³/mol. The smallest absolute Gasteiger partial charge is 0.251 e. The Morgan fingerprint density at radius 3 is 2.38 bits per heavy atom. The molecule has 2 aliphatic rings. The molecule has 1 aliphatic heterocycles. The van der Waals surface area contributed by atoms with E-state index >= 15 is 0 Å². The van der Waals surface area contributed by atoms with Crippen molar-refractivity contribution in [3.05, 3.63) is 64.7 Å². The lowest BCUT2D eigenvalue weighted by atomic mass is 10.1. The van der Waals surface area contributed by atoms with Crippen LogP contribution >= 0.6 is 11.6 Å². The quantitative estimate of drug-likeness (QED) is 0.643. The molecule has 32 heavy (non-hydrogen) atoms. The molecule has 2 fully saturated rings. The van der Waals surface area contributed by atoms with Crippen LogP contribution in [0.25, 0.3) is 0 Å².